The maximum absolute atomic E-state index is 12.8. The van der Waals surface area contributed by atoms with E-state index in [4.69, 9.17) is 25.8 Å². The van der Waals surface area contributed by atoms with Gasteiger partial charge in [-0.25, -0.2) is 9.78 Å². The fourth-order valence-electron chi connectivity index (χ4n) is 2.69. The Balaban J connectivity index is 1.82. The normalized spacial score (nSPS) is 12.0. The van der Waals surface area contributed by atoms with Crippen LogP contribution in [0.15, 0.2) is 79.0 Å². The molecule has 9 heteroatoms. The summed E-state index contributed by atoms with van der Waals surface area (Å²) < 4.78 is 54.5. The molecule has 0 aliphatic heterocycles. The minimum atomic E-state index is -4.56. The molecular weight excluding hydrogens is 447 g/mol. The van der Waals surface area contributed by atoms with Crippen LogP contribution in [0.1, 0.15) is 17.2 Å². The third-order valence-corrected chi connectivity index (χ3v) is 4.56. The van der Waals surface area contributed by atoms with Crippen LogP contribution >= 0.6 is 11.6 Å². The second-order valence-electron chi connectivity index (χ2n) is 6.51. The van der Waals surface area contributed by atoms with E-state index in [2.05, 4.69) is 11.6 Å². The molecule has 0 radical (unpaired) electrons. The number of carbonyl (C=O) groups is 1. The molecule has 166 valence electrons. The second-order valence-corrected chi connectivity index (χ2v) is 6.91. The molecule has 0 bridgehead atoms. The van der Waals surface area contributed by atoms with Crippen LogP contribution in [0.4, 0.5) is 13.2 Å². The van der Waals surface area contributed by atoms with E-state index in [1.165, 1.54) is 19.2 Å². The molecule has 1 aromatic heterocycles. The Bertz CT molecular complexity index is 1100. The predicted molar refractivity (Wildman–Crippen MR) is 112 cm³/mol. The quantitative estimate of drug-likeness (QED) is 0.300. The van der Waals surface area contributed by atoms with Crippen molar-refractivity contribution >= 4 is 17.6 Å². The van der Waals surface area contributed by atoms with Gasteiger partial charge in [0.25, 0.3) is 0 Å². The molecule has 1 unspecified atom stereocenters. The summed E-state index contributed by atoms with van der Waals surface area (Å²) in [5.74, 6) is -0.0240. The number of methoxy groups -OCH3 is 1. The monoisotopic (exact) mass is 463 g/mol. The summed E-state index contributed by atoms with van der Waals surface area (Å²) in [6.07, 6.45) is -4.77. The molecular formula is C23H17ClF3NO4. The Labute approximate surface area is 187 Å². The molecule has 0 aliphatic carbocycles. The van der Waals surface area contributed by atoms with Crippen LogP contribution in [0.5, 0.6) is 17.4 Å². The molecule has 0 saturated heterocycles. The fraction of sp³-hybridized carbons (Fsp3) is 0.130. The summed E-state index contributed by atoms with van der Waals surface area (Å²) >= 11 is 5.88. The molecule has 1 heterocycles. The van der Waals surface area contributed by atoms with Gasteiger partial charge in [0.1, 0.15) is 16.5 Å². The van der Waals surface area contributed by atoms with E-state index >= 15 is 0 Å². The molecule has 0 spiro atoms. The summed E-state index contributed by atoms with van der Waals surface area (Å²) in [4.78, 5) is 15.7. The first-order valence-corrected chi connectivity index (χ1v) is 9.56. The number of rotatable bonds is 7. The Hall–Kier alpha value is -3.52. The lowest BCUT2D eigenvalue weighted by Gasteiger charge is -2.21. The first-order valence-electron chi connectivity index (χ1n) is 9.18. The van der Waals surface area contributed by atoms with E-state index < -0.39 is 23.8 Å². The minimum absolute atomic E-state index is 0.0810. The molecule has 0 amide bonds. The summed E-state index contributed by atoms with van der Waals surface area (Å²) in [7, 11) is 1.24. The van der Waals surface area contributed by atoms with Gasteiger partial charge in [-0.05, 0) is 35.9 Å². The van der Waals surface area contributed by atoms with E-state index in [-0.39, 0.29) is 22.2 Å². The van der Waals surface area contributed by atoms with Crippen molar-refractivity contribution in [1.29, 1.82) is 0 Å². The van der Waals surface area contributed by atoms with Crippen molar-refractivity contribution in [2.24, 2.45) is 0 Å². The van der Waals surface area contributed by atoms with Crippen molar-refractivity contribution in [3.8, 4) is 17.4 Å². The number of nitrogens with zero attached hydrogens (tertiary/aromatic N) is 1. The number of benzene rings is 2. The van der Waals surface area contributed by atoms with Crippen LogP contribution in [-0.4, -0.2) is 18.1 Å². The number of hydrogen-bond acceptors (Lipinski definition) is 5. The van der Waals surface area contributed by atoms with Crippen LogP contribution in [0.25, 0.3) is 0 Å². The van der Waals surface area contributed by atoms with Gasteiger partial charge in [-0.1, -0.05) is 48.5 Å². The van der Waals surface area contributed by atoms with E-state index in [1.54, 1.807) is 36.4 Å². The van der Waals surface area contributed by atoms with Gasteiger partial charge in [-0.2, -0.15) is 13.2 Å². The highest BCUT2D eigenvalue weighted by molar-refractivity contribution is 6.31. The Morgan fingerprint density at radius 2 is 1.72 bits per heavy atom. The van der Waals surface area contributed by atoms with Gasteiger partial charge < -0.3 is 14.2 Å². The van der Waals surface area contributed by atoms with E-state index in [1.807, 2.05) is 6.07 Å². The highest BCUT2D eigenvalue weighted by atomic mass is 35.5. The topological polar surface area (TPSA) is 57.7 Å². The number of pyridine rings is 1. The maximum Gasteiger partial charge on any atom is 0.417 e. The lowest BCUT2D eigenvalue weighted by Crippen LogP contribution is -2.17. The third-order valence-electron chi connectivity index (χ3n) is 4.29. The highest BCUT2D eigenvalue weighted by Crippen LogP contribution is 2.35. The van der Waals surface area contributed by atoms with Crippen LogP contribution in [0.2, 0.25) is 5.02 Å². The van der Waals surface area contributed by atoms with E-state index in [0.717, 1.165) is 6.07 Å². The van der Waals surface area contributed by atoms with E-state index in [9.17, 15) is 18.0 Å². The zero-order chi connectivity index (χ0) is 23.3. The van der Waals surface area contributed by atoms with Crippen molar-refractivity contribution in [3.63, 3.8) is 0 Å². The zero-order valence-electron chi connectivity index (χ0n) is 16.7. The SMILES string of the molecule is C=C(C(=O)OC)C(Oc1ccccc1)c1ccc(Oc2ncc(C(F)(F)F)cc2Cl)cc1. The lowest BCUT2D eigenvalue weighted by molar-refractivity contribution is -0.138. The van der Waals surface area contributed by atoms with E-state index in [0.29, 0.717) is 17.5 Å². The molecule has 5 nitrogen and oxygen atoms in total. The molecule has 1 atom stereocenters. The number of halogens is 4. The largest absolute Gasteiger partial charge is 0.481 e. The Morgan fingerprint density at radius 1 is 1.06 bits per heavy atom. The minimum Gasteiger partial charge on any atom is -0.481 e. The van der Waals surface area contributed by atoms with Gasteiger partial charge in [0.05, 0.1) is 18.2 Å². The van der Waals surface area contributed by atoms with Gasteiger partial charge >= 0.3 is 12.1 Å². The van der Waals surface area contributed by atoms with Gasteiger partial charge in [-0.3, -0.25) is 0 Å². The summed E-state index contributed by atoms with van der Waals surface area (Å²) in [5.41, 5.74) is -0.326. The maximum atomic E-state index is 12.8. The molecule has 3 aromatic rings. The first-order chi connectivity index (χ1) is 15.2. The van der Waals surface area contributed by atoms with Crippen LogP contribution < -0.4 is 9.47 Å². The van der Waals surface area contributed by atoms with Crippen molar-refractivity contribution in [2.75, 3.05) is 7.11 Å². The standard InChI is InChI=1S/C23H17ClF3NO4/c1-14(22(29)30-2)20(31-17-6-4-3-5-7-17)15-8-10-18(11-9-15)32-21-19(24)12-16(13-28-21)23(25,26)27/h3-13,20H,1H2,2H3. The smallest absolute Gasteiger partial charge is 0.417 e. The van der Waals surface area contributed by atoms with Crippen molar-refractivity contribution < 1.29 is 32.2 Å². The molecule has 2 aromatic carbocycles. The van der Waals surface area contributed by atoms with Gasteiger partial charge in [-0.15, -0.1) is 0 Å². The number of alkyl halides is 3. The van der Waals surface area contributed by atoms with Gasteiger partial charge in [0, 0.05) is 6.20 Å². The van der Waals surface area contributed by atoms with Crippen LogP contribution in [0.3, 0.4) is 0 Å². The number of esters is 1. The second kappa shape index (κ2) is 9.74. The van der Waals surface area contributed by atoms with Crippen molar-refractivity contribution in [2.45, 2.75) is 12.3 Å². The lowest BCUT2D eigenvalue weighted by atomic mass is 10.0. The Morgan fingerprint density at radius 3 is 2.28 bits per heavy atom. The van der Waals surface area contributed by atoms with Gasteiger partial charge in [0.2, 0.25) is 5.88 Å². The molecule has 0 N–H and O–H groups in total. The first kappa shape index (κ1) is 23.1. The average molecular weight is 464 g/mol. The average Bonchev–Trinajstić information content (AvgIpc) is 2.78. The predicted octanol–water partition coefficient (Wildman–Crippen LogP) is 6.40. The summed E-state index contributed by atoms with van der Waals surface area (Å²) in [6.45, 7) is 3.78. The molecule has 32 heavy (non-hydrogen) atoms. The van der Waals surface area contributed by atoms with Crippen LogP contribution in [0, 0.1) is 0 Å². The fourth-order valence-corrected chi connectivity index (χ4v) is 2.90. The molecule has 3 rings (SSSR count). The van der Waals surface area contributed by atoms with Crippen molar-refractivity contribution in [3.05, 3.63) is 95.2 Å². The molecule has 0 aliphatic rings. The Kier molecular flexibility index (Phi) is 7.05. The highest BCUT2D eigenvalue weighted by Gasteiger charge is 2.32. The summed E-state index contributed by atoms with van der Waals surface area (Å²) in [5, 5.41) is -0.284. The number of ether oxygens (including phenoxy) is 3. The number of hydrogen-bond donors (Lipinski definition) is 0. The van der Waals surface area contributed by atoms with Crippen LogP contribution in [-0.2, 0) is 15.7 Å². The number of para-hydroxylation sites is 1. The van der Waals surface area contributed by atoms with Crippen molar-refractivity contribution in [1.82, 2.24) is 4.98 Å². The number of carbonyl (C=O) groups excluding carboxylic acids is 1. The molecule has 0 saturated carbocycles. The van der Waals surface area contributed by atoms with Gasteiger partial charge in [0.15, 0.2) is 6.10 Å². The zero-order valence-corrected chi connectivity index (χ0v) is 17.5. The number of aromatic nitrogens is 1. The summed E-state index contributed by atoms with van der Waals surface area (Å²) in [6, 6.07) is 15.9. The third kappa shape index (κ3) is 5.59. The molecule has 0 fully saturated rings.